The van der Waals surface area contributed by atoms with Crippen molar-refractivity contribution in [2.45, 2.75) is 43.5 Å². The average Bonchev–Trinajstić information content (AvgIpc) is 2.48. The Hall–Kier alpha value is -1.44. The summed E-state index contributed by atoms with van der Waals surface area (Å²) in [6.45, 7) is 3.78. The molecular weight excluding hydrogens is 304 g/mol. The number of rotatable bonds is 5. The van der Waals surface area contributed by atoms with Crippen LogP contribution in [0.15, 0.2) is 23.1 Å². The summed E-state index contributed by atoms with van der Waals surface area (Å²) in [4.78, 5) is 13.7. The Morgan fingerprint density at radius 3 is 2.45 bits per heavy atom. The van der Waals surface area contributed by atoms with Gasteiger partial charge in [-0.2, -0.15) is 0 Å². The molecule has 0 saturated carbocycles. The zero-order chi connectivity index (χ0) is 16.3. The molecule has 0 radical (unpaired) electrons. The minimum absolute atomic E-state index is 0.0389. The molecular formula is C15H22N2O4S. The Morgan fingerprint density at radius 2 is 1.95 bits per heavy atom. The van der Waals surface area contributed by atoms with E-state index in [9.17, 15) is 18.3 Å². The summed E-state index contributed by atoms with van der Waals surface area (Å²) in [5, 5.41) is 14.6. The number of carboxylic acids is 1. The normalized spacial score (nSPS) is 18.1. The van der Waals surface area contributed by atoms with E-state index in [2.05, 4.69) is 4.90 Å². The molecule has 1 fully saturated rings. The maximum Gasteiger partial charge on any atom is 0.336 e. The summed E-state index contributed by atoms with van der Waals surface area (Å²) in [6, 6.07) is 3.91. The molecule has 1 aromatic rings. The van der Waals surface area contributed by atoms with Gasteiger partial charge in [0.05, 0.1) is 10.5 Å². The van der Waals surface area contributed by atoms with E-state index in [1.807, 2.05) is 6.92 Å². The number of aromatic carboxylic acids is 1. The molecule has 1 atom stereocenters. The number of carboxylic acid groups (broad SMARTS) is 1. The first-order chi connectivity index (χ1) is 10.3. The van der Waals surface area contributed by atoms with Crippen molar-refractivity contribution in [2.75, 3.05) is 13.1 Å². The van der Waals surface area contributed by atoms with Gasteiger partial charge in [-0.15, -0.1) is 0 Å². The van der Waals surface area contributed by atoms with Gasteiger partial charge in [0, 0.05) is 6.04 Å². The van der Waals surface area contributed by atoms with E-state index in [-0.39, 0.29) is 16.5 Å². The molecule has 0 bridgehead atoms. The third-order valence-corrected chi connectivity index (χ3v) is 5.07. The van der Waals surface area contributed by atoms with E-state index >= 15 is 0 Å². The number of piperidine rings is 1. The number of hydrogen-bond donors (Lipinski definition) is 2. The number of sulfonamides is 1. The van der Waals surface area contributed by atoms with Crippen molar-refractivity contribution in [3.63, 3.8) is 0 Å². The SMILES string of the molecule is CCC(c1cc(S(N)(=O)=O)ccc1C(=O)O)N1CCCCC1. The zero-order valence-corrected chi connectivity index (χ0v) is 13.5. The summed E-state index contributed by atoms with van der Waals surface area (Å²) in [6.07, 6.45) is 4.05. The molecule has 1 saturated heterocycles. The van der Waals surface area contributed by atoms with Gasteiger partial charge in [-0.3, -0.25) is 4.90 Å². The molecule has 1 aromatic carbocycles. The largest absolute Gasteiger partial charge is 0.478 e. The molecule has 1 aliphatic heterocycles. The van der Waals surface area contributed by atoms with Crippen LogP contribution in [0.2, 0.25) is 0 Å². The van der Waals surface area contributed by atoms with Gasteiger partial charge in [-0.25, -0.2) is 18.4 Å². The highest BCUT2D eigenvalue weighted by Crippen LogP contribution is 2.31. The number of nitrogens with two attached hydrogens (primary N) is 1. The van der Waals surface area contributed by atoms with E-state index in [1.165, 1.54) is 24.6 Å². The third-order valence-electron chi connectivity index (χ3n) is 4.16. The minimum Gasteiger partial charge on any atom is -0.478 e. The molecule has 1 unspecified atom stereocenters. The predicted molar refractivity (Wildman–Crippen MR) is 83.2 cm³/mol. The fourth-order valence-corrected chi connectivity index (χ4v) is 3.64. The van der Waals surface area contributed by atoms with E-state index in [1.54, 1.807) is 0 Å². The zero-order valence-electron chi connectivity index (χ0n) is 12.7. The Bertz CT molecular complexity index is 652. The highest BCUT2D eigenvalue weighted by Gasteiger charge is 2.26. The second-order valence-corrected chi connectivity index (χ2v) is 7.18. The van der Waals surface area contributed by atoms with Gasteiger partial charge in [0.15, 0.2) is 0 Å². The fraction of sp³-hybridized carbons (Fsp3) is 0.533. The van der Waals surface area contributed by atoms with E-state index in [4.69, 9.17) is 5.14 Å². The van der Waals surface area contributed by atoms with Crippen LogP contribution in [0.1, 0.15) is 54.6 Å². The van der Waals surface area contributed by atoms with Crippen LogP contribution in [0.25, 0.3) is 0 Å². The van der Waals surface area contributed by atoms with Crippen LogP contribution in [0, 0.1) is 0 Å². The van der Waals surface area contributed by atoms with Gasteiger partial charge in [0.1, 0.15) is 0 Å². The Labute approximate surface area is 131 Å². The highest BCUT2D eigenvalue weighted by atomic mass is 32.2. The van der Waals surface area contributed by atoms with Crippen LogP contribution < -0.4 is 5.14 Å². The molecule has 0 spiro atoms. The molecule has 7 heteroatoms. The molecule has 122 valence electrons. The third kappa shape index (κ3) is 3.66. The molecule has 2 rings (SSSR count). The van der Waals surface area contributed by atoms with Crippen molar-refractivity contribution >= 4 is 16.0 Å². The monoisotopic (exact) mass is 326 g/mol. The Balaban J connectivity index is 2.50. The van der Waals surface area contributed by atoms with Crippen molar-refractivity contribution in [3.05, 3.63) is 29.3 Å². The first-order valence-electron chi connectivity index (χ1n) is 7.48. The van der Waals surface area contributed by atoms with E-state index in [0.717, 1.165) is 25.9 Å². The Morgan fingerprint density at radius 1 is 1.32 bits per heavy atom. The lowest BCUT2D eigenvalue weighted by molar-refractivity contribution is 0.0690. The maximum atomic E-state index is 11.6. The summed E-state index contributed by atoms with van der Waals surface area (Å²) in [7, 11) is -3.85. The van der Waals surface area contributed by atoms with E-state index < -0.39 is 16.0 Å². The summed E-state index contributed by atoms with van der Waals surface area (Å²) in [5.74, 6) is -1.05. The summed E-state index contributed by atoms with van der Waals surface area (Å²) < 4.78 is 23.1. The lowest BCUT2D eigenvalue weighted by Gasteiger charge is -2.35. The maximum absolute atomic E-state index is 11.6. The van der Waals surface area contributed by atoms with Crippen molar-refractivity contribution in [2.24, 2.45) is 5.14 Å². The van der Waals surface area contributed by atoms with E-state index in [0.29, 0.717) is 12.0 Å². The van der Waals surface area contributed by atoms with Gasteiger partial charge in [0.25, 0.3) is 0 Å². The predicted octanol–water partition coefficient (Wildman–Crippen LogP) is 1.97. The van der Waals surface area contributed by atoms with Gasteiger partial charge in [0.2, 0.25) is 10.0 Å². The summed E-state index contributed by atoms with van der Waals surface area (Å²) in [5.41, 5.74) is 0.674. The van der Waals surface area contributed by atoms with Gasteiger partial charge >= 0.3 is 5.97 Å². The summed E-state index contributed by atoms with van der Waals surface area (Å²) >= 11 is 0. The number of nitrogens with zero attached hydrogens (tertiary/aromatic N) is 1. The van der Waals surface area contributed by atoms with Gasteiger partial charge in [-0.05, 0) is 56.1 Å². The average molecular weight is 326 g/mol. The second kappa shape index (κ2) is 6.76. The Kier molecular flexibility index (Phi) is 5.20. The first kappa shape index (κ1) is 16.9. The number of primary sulfonamides is 1. The lowest BCUT2D eigenvalue weighted by atomic mass is 9.95. The topological polar surface area (TPSA) is 101 Å². The fourth-order valence-electron chi connectivity index (χ4n) is 3.09. The smallest absolute Gasteiger partial charge is 0.336 e. The molecule has 0 aromatic heterocycles. The minimum atomic E-state index is -3.85. The lowest BCUT2D eigenvalue weighted by Crippen LogP contribution is -2.34. The molecule has 0 aliphatic carbocycles. The van der Waals surface area contributed by atoms with Crippen LogP contribution in [0.3, 0.4) is 0 Å². The van der Waals surface area contributed by atoms with Crippen LogP contribution >= 0.6 is 0 Å². The molecule has 0 amide bonds. The number of carbonyl (C=O) groups is 1. The number of likely N-dealkylation sites (tertiary alicyclic amines) is 1. The van der Waals surface area contributed by atoms with Crippen molar-refractivity contribution in [1.29, 1.82) is 0 Å². The van der Waals surface area contributed by atoms with Crippen molar-refractivity contribution in [3.8, 4) is 0 Å². The first-order valence-corrected chi connectivity index (χ1v) is 9.03. The molecule has 6 nitrogen and oxygen atoms in total. The number of hydrogen-bond acceptors (Lipinski definition) is 4. The highest BCUT2D eigenvalue weighted by molar-refractivity contribution is 7.89. The molecule has 22 heavy (non-hydrogen) atoms. The van der Waals surface area contributed by atoms with Crippen LogP contribution in [0.5, 0.6) is 0 Å². The van der Waals surface area contributed by atoms with Gasteiger partial charge in [-0.1, -0.05) is 13.3 Å². The van der Waals surface area contributed by atoms with Crippen LogP contribution in [0.4, 0.5) is 0 Å². The second-order valence-electron chi connectivity index (χ2n) is 5.62. The number of benzene rings is 1. The molecule has 3 N–H and O–H groups in total. The quantitative estimate of drug-likeness (QED) is 0.861. The van der Waals surface area contributed by atoms with Crippen molar-refractivity contribution < 1.29 is 18.3 Å². The molecule has 1 aliphatic rings. The van der Waals surface area contributed by atoms with Crippen molar-refractivity contribution in [1.82, 2.24) is 4.90 Å². The van der Waals surface area contributed by atoms with Crippen LogP contribution in [-0.2, 0) is 10.0 Å². The van der Waals surface area contributed by atoms with Gasteiger partial charge < -0.3 is 5.11 Å². The standard InChI is InChI=1S/C15H22N2O4S/c1-2-14(17-8-4-3-5-9-17)13-10-11(22(16,20)21)6-7-12(13)15(18)19/h6-7,10,14H,2-5,8-9H2,1H3,(H,18,19)(H2,16,20,21). The van der Waals surface area contributed by atoms with Crippen LogP contribution in [-0.4, -0.2) is 37.5 Å². The molecule has 1 heterocycles.